The molecule has 0 spiro atoms. The monoisotopic (exact) mass is 458 g/mol. The third-order valence-corrected chi connectivity index (χ3v) is 5.32. The van der Waals surface area contributed by atoms with Crippen LogP contribution in [0.1, 0.15) is 16.1 Å². The summed E-state index contributed by atoms with van der Waals surface area (Å²) in [5.41, 5.74) is 4.03. The zero-order valence-electron chi connectivity index (χ0n) is 18.5. The van der Waals surface area contributed by atoms with Crippen LogP contribution >= 0.6 is 0 Å². The molecule has 0 aliphatic carbocycles. The highest BCUT2D eigenvalue weighted by atomic mass is 19.1. The van der Waals surface area contributed by atoms with Gasteiger partial charge in [0.15, 0.2) is 0 Å². The molecule has 2 heterocycles. The Labute approximate surface area is 196 Å². The highest BCUT2D eigenvalue weighted by molar-refractivity contribution is 6.08. The van der Waals surface area contributed by atoms with Crippen molar-refractivity contribution >= 4 is 11.6 Å². The van der Waals surface area contributed by atoms with Crippen LogP contribution in [0, 0.1) is 5.82 Å². The molecule has 0 aliphatic heterocycles. The number of carbonyl (C=O) groups excluding carboxylic acids is 1. The number of aliphatic hydroxyl groups excluding tert-OH is 1. The van der Waals surface area contributed by atoms with Gasteiger partial charge in [-0.2, -0.15) is 5.10 Å². The van der Waals surface area contributed by atoms with Crippen LogP contribution in [-0.4, -0.2) is 51.7 Å². The van der Waals surface area contributed by atoms with E-state index in [9.17, 15) is 14.3 Å². The summed E-state index contributed by atoms with van der Waals surface area (Å²) in [7, 11) is 1.45. The van der Waals surface area contributed by atoms with Crippen LogP contribution in [-0.2, 0) is 11.2 Å². The average Bonchev–Trinajstić information content (AvgIpc) is 3.36. The van der Waals surface area contributed by atoms with Crippen LogP contribution in [0.5, 0.6) is 0 Å². The Morgan fingerprint density at radius 3 is 2.59 bits per heavy atom. The van der Waals surface area contributed by atoms with Crippen molar-refractivity contribution in [2.24, 2.45) is 4.99 Å². The maximum absolute atomic E-state index is 13.3. The summed E-state index contributed by atoms with van der Waals surface area (Å²) in [6, 6.07) is 20.3. The molecule has 7 nitrogen and oxygen atoms in total. The van der Waals surface area contributed by atoms with Gasteiger partial charge < -0.3 is 9.84 Å². The predicted octanol–water partition coefficient (Wildman–Crippen LogP) is 4.11. The minimum atomic E-state index is -0.742. The number of hydrogen-bond donors (Lipinski definition) is 2. The van der Waals surface area contributed by atoms with E-state index in [4.69, 9.17) is 4.74 Å². The van der Waals surface area contributed by atoms with Gasteiger partial charge in [0.2, 0.25) is 0 Å². The fourth-order valence-electron chi connectivity index (χ4n) is 3.55. The Kier molecular flexibility index (Phi) is 7.31. The largest absolute Gasteiger partial charge is 0.393 e. The topological polar surface area (TPSA) is 100 Å². The van der Waals surface area contributed by atoms with Crippen LogP contribution in [0.15, 0.2) is 84.0 Å². The minimum Gasteiger partial charge on any atom is -0.393 e. The fourth-order valence-corrected chi connectivity index (χ4v) is 3.55. The molecule has 8 heteroatoms. The molecule has 34 heavy (non-hydrogen) atoms. The molecular formula is C26H23FN4O3. The van der Waals surface area contributed by atoms with Gasteiger partial charge in [-0.15, -0.1) is 0 Å². The Morgan fingerprint density at radius 2 is 1.88 bits per heavy atom. The SMILES string of the molecule is CO[C@H](CO)/C(Cc1ccccn1)=N\C(=O)c1ccccc1-c1cc(-c2ccc(F)cc2)[nH]n1. The number of benzene rings is 2. The summed E-state index contributed by atoms with van der Waals surface area (Å²) in [6.07, 6.45) is 1.17. The number of halogens is 1. The van der Waals surface area contributed by atoms with Crippen LogP contribution in [0.2, 0.25) is 0 Å². The van der Waals surface area contributed by atoms with E-state index in [0.29, 0.717) is 33.9 Å². The summed E-state index contributed by atoms with van der Waals surface area (Å²) in [5.74, 6) is -0.806. The highest BCUT2D eigenvalue weighted by Crippen LogP contribution is 2.27. The van der Waals surface area contributed by atoms with E-state index in [1.165, 1.54) is 19.2 Å². The quantitative estimate of drug-likeness (QED) is 0.387. The molecular weight excluding hydrogens is 435 g/mol. The van der Waals surface area contributed by atoms with Crippen molar-refractivity contribution in [2.45, 2.75) is 12.5 Å². The van der Waals surface area contributed by atoms with Gasteiger partial charge in [0.05, 0.1) is 29.3 Å². The molecule has 1 amide bonds. The maximum atomic E-state index is 13.3. The van der Waals surface area contributed by atoms with Gasteiger partial charge in [-0.05, 0) is 54.1 Å². The molecule has 0 saturated heterocycles. The van der Waals surface area contributed by atoms with Gasteiger partial charge in [-0.3, -0.25) is 14.9 Å². The summed E-state index contributed by atoms with van der Waals surface area (Å²) in [6.45, 7) is -0.322. The van der Waals surface area contributed by atoms with Crippen molar-refractivity contribution in [1.29, 1.82) is 0 Å². The van der Waals surface area contributed by atoms with E-state index in [1.807, 2.05) is 18.2 Å². The van der Waals surface area contributed by atoms with E-state index >= 15 is 0 Å². The number of nitrogens with one attached hydrogen (secondary N) is 1. The molecule has 0 radical (unpaired) electrons. The first-order valence-electron chi connectivity index (χ1n) is 10.6. The summed E-state index contributed by atoms with van der Waals surface area (Å²) < 4.78 is 18.6. The second-order valence-electron chi connectivity index (χ2n) is 7.53. The van der Waals surface area contributed by atoms with E-state index in [0.717, 1.165) is 5.56 Å². The Bertz CT molecular complexity index is 1280. The molecule has 2 N–H and O–H groups in total. The highest BCUT2D eigenvalue weighted by Gasteiger charge is 2.20. The first-order valence-corrected chi connectivity index (χ1v) is 10.6. The number of amides is 1. The number of aromatic amines is 1. The van der Waals surface area contributed by atoms with Crippen molar-refractivity contribution in [3.8, 4) is 22.5 Å². The number of methoxy groups -OCH3 is 1. The number of hydrogen-bond acceptors (Lipinski definition) is 5. The number of H-pyrrole nitrogens is 1. The van der Waals surface area contributed by atoms with Crippen LogP contribution in [0.3, 0.4) is 0 Å². The standard InChI is InChI=1S/C26H23FN4O3/c1-34-25(16-32)24(14-19-6-4-5-13-28-19)29-26(33)21-8-3-2-7-20(21)23-15-22(30-31-23)17-9-11-18(27)12-10-17/h2-13,15,25,32H,14,16H2,1H3,(H,30,31)/b29-24-/t25-/m1/s1. The maximum Gasteiger partial charge on any atom is 0.277 e. The normalized spacial score (nSPS) is 12.5. The zero-order chi connectivity index (χ0) is 23.9. The lowest BCUT2D eigenvalue weighted by Crippen LogP contribution is -2.30. The molecule has 1 atom stereocenters. The van der Waals surface area contributed by atoms with Gasteiger partial charge in [0, 0.05) is 31.0 Å². The molecule has 0 saturated carbocycles. The molecule has 2 aromatic carbocycles. The van der Waals surface area contributed by atoms with Crippen molar-refractivity contribution in [2.75, 3.05) is 13.7 Å². The second kappa shape index (κ2) is 10.7. The Hall–Kier alpha value is -4.01. The molecule has 0 aliphatic rings. The van der Waals surface area contributed by atoms with Crippen molar-refractivity contribution in [1.82, 2.24) is 15.2 Å². The van der Waals surface area contributed by atoms with Crippen molar-refractivity contribution in [3.63, 3.8) is 0 Å². The van der Waals surface area contributed by atoms with Gasteiger partial charge in [0.25, 0.3) is 5.91 Å². The third kappa shape index (κ3) is 5.31. The lowest BCUT2D eigenvalue weighted by molar-refractivity contribution is 0.0912. The zero-order valence-corrected chi connectivity index (χ0v) is 18.5. The minimum absolute atomic E-state index is 0.255. The number of aliphatic imine (C=N–C) groups is 1. The molecule has 2 aromatic heterocycles. The molecule has 4 aromatic rings. The molecule has 0 bridgehead atoms. The van der Waals surface area contributed by atoms with E-state index in [1.54, 1.807) is 48.7 Å². The third-order valence-electron chi connectivity index (χ3n) is 5.32. The number of rotatable bonds is 8. The Balaban J connectivity index is 1.67. The lowest BCUT2D eigenvalue weighted by Gasteiger charge is -2.15. The lowest BCUT2D eigenvalue weighted by atomic mass is 10.0. The van der Waals surface area contributed by atoms with Crippen LogP contribution < -0.4 is 0 Å². The number of carbonyl (C=O) groups is 1. The van der Waals surface area contributed by atoms with Gasteiger partial charge in [0.1, 0.15) is 11.9 Å². The first kappa shape index (κ1) is 23.2. The number of aromatic nitrogens is 3. The van der Waals surface area contributed by atoms with Crippen LogP contribution in [0.25, 0.3) is 22.5 Å². The smallest absolute Gasteiger partial charge is 0.277 e. The fraction of sp³-hybridized carbons (Fsp3) is 0.154. The predicted molar refractivity (Wildman–Crippen MR) is 127 cm³/mol. The summed E-state index contributed by atoms with van der Waals surface area (Å²) in [4.78, 5) is 21.9. The number of nitrogens with zero attached hydrogens (tertiary/aromatic N) is 3. The summed E-state index contributed by atoms with van der Waals surface area (Å²) in [5, 5.41) is 17.0. The number of ether oxygens (including phenoxy) is 1. The van der Waals surface area contributed by atoms with Gasteiger partial charge >= 0.3 is 0 Å². The van der Waals surface area contributed by atoms with E-state index in [2.05, 4.69) is 20.2 Å². The van der Waals surface area contributed by atoms with Crippen LogP contribution in [0.4, 0.5) is 4.39 Å². The number of pyridine rings is 1. The summed E-state index contributed by atoms with van der Waals surface area (Å²) >= 11 is 0. The van der Waals surface area contributed by atoms with E-state index in [-0.39, 0.29) is 18.8 Å². The second-order valence-corrected chi connectivity index (χ2v) is 7.53. The van der Waals surface area contributed by atoms with Crippen molar-refractivity contribution in [3.05, 3.63) is 96.1 Å². The van der Waals surface area contributed by atoms with Gasteiger partial charge in [-0.1, -0.05) is 24.3 Å². The molecule has 0 fully saturated rings. The first-order chi connectivity index (χ1) is 16.6. The van der Waals surface area contributed by atoms with Crippen molar-refractivity contribution < 1.29 is 19.0 Å². The number of aliphatic hydroxyl groups is 1. The molecule has 4 rings (SSSR count). The van der Waals surface area contributed by atoms with E-state index < -0.39 is 12.0 Å². The molecule has 0 unspecified atom stereocenters. The average molecular weight is 458 g/mol. The Morgan fingerprint density at radius 1 is 1.12 bits per heavy atom. The van der Waals surface area contributed by atoms with Gasteiger partial charge in [-0.25, -0.2) is 9.38 Å². The molecule has 172 valence electrons.